The highest BCUT2D eigenvalue weighted by Crippen LogP contribution is 2.10. The van der Waals surface area contributed by atoms with Gasteiger partial charge in [-0.2, -0.15) is 11.8 Å². The molecule has 1 rings (SSSR count). The van der Waals surface area contributed by atoms with Crippen molar-refractivity contribution in [3.63, 3.8) is 0 Å². The normalized spacial score (nSPS) is 12.5. The van der Waals surface area contributed by atoms with Gasteiger partial charge >= 0.3 is 0 Å². The second-order valence-electron chi connectivity index (χ2n) is 3.17. The van der Waals surface area contributed by atoms with E-state index < -0.39 is 0 Å². The summed E-state index contributed by atoms with van der Waals surface area (Å²) in [7, 11) is 0. The summed E-state index contributed by atoms with van der Waals surface area (Å²) in [5.74, 6) is 2.56. The van der Waals surface area contributed by atoms with E-state index in [2.05, 4.69) is 28.5 Å². The van der Waals surface area contributed by atoms with Crippen molar-refractivity contribution in [2.24, 2.45) is 5.92 Å². The maximum atomic E-state index is 5.73. The van der Waals surface area contributed by atoms with Crippen molar-refractivity contribution in [3.05, 3.63) is 17.5 Å². The van der Waals surface area contributed by atoms with Gasteiger partial charge in [-0.1, -0.05) is 18.5 Å². The quantitative estimate of drug-likeness (QED) is 0.791. The number of hydrogen-bond donors (Lipinski definition) is 1. The molecule has 78 valence electrons. The van der Waals surface area contributed by atoms with E-state index >= 15 is 0 Å². The second kappa shape index (κ2) is 6.09. The fraction of sp³-hybridized carbons (Fsp3) is 0.556. The molecule has 0 spiro atoms. The molecule has 3 nitrogen and oxygen atoms in total. The van der Waals surface area contributed by atoms with Gasteiger partial charge in [-0.05, 0) is 17.9 Å². The molecule has 5 heteroatoms. The Bertz CT molecular complexity index is 283. The lowest BCUT2D eigenvalue weighted by Gasteiger charge is -2.11. The zero-order valence-electron chi connectivity index (χ0n) is 8.33. The van der Waals surface area contributed by atoms with E-state index in [0.717, 1.165) is 18.1 Å². The number of hydrogen-bond acceptors (Lipinski definition) is 4. The first-order valence-electron chi connectivity index (χ1n) is 4.42. The summed E-state index contributed by atoms with van der Waals surface area (Å²) >= 11 is 7.58. The zero-order valence-corrected chi connectivity index (χ0v) is 9.90. The van der Waals surface area contributed by atoms with Crippen LogP contribution in [0.2, 0.25) is 5.15 Å². The first-order valence-corrected chi connectivity index (χ1v) is 6.20. The Kier molecular flexibility index (Phi) is 5.04. The van der Waals surface area contributed by atoms with E-state index in [1.807, 2.05) is 11.8 Å². The van der Waals surface area contributed by atoms with Gasteiger partial charge in [0.25, 0.3) is 0 Å². The maximum Gasteiger partial charge on any atom is 0.134 e. The average Bonchev–Trinajstić information content (AvgIpc) is 2.15. The molecule has 0 radical (unpaired) electrons. The van der Waals surface area contributed by atoms with Crippen LogP contribution in [0, 0.1) is 5.92 Å². The molecule has 1 atom stereocenters. The Labute approximate surface area is 93.7 Å². The summed E-state index contributed by atoms with van der Waals surface area (Å²) in [6.07, 6.45) is 3.57. The summed E-state index contributed by atoms with van der Waals surface area (Å²) in [6.45, 7) is 3.11. The number of nitrogens with one attached hydrogen (secondary N) is 1. The van der Waals surface area contributed by atoms with Crippen LogP contribution >= 0.6 is 23.4 Å². The Morgan fingerprint density at radius 3 is 3.00 bits per heavy atom. The van der Waals surface area contributed by atoms with Crippen LogP contribution < -0.4 is 5.32 Å². The topological polar surface area (TPSA) is 37.8 Å². The fourth-order valence-electron chi connectivity index (χ4n) is 1.05. The van der Waals surface area contributed by atoms with Crippen LogP contribution in [-0.4, -0.2) is 28.5 Å². The predicted molar refractivity (Wildman–Crippen MR) is 63.1 cm³/mol. The number of halogens is 1. The highest BCUT2D eigenvalue weighted by Gasteiger charge is 2.01. The molecule has 14 heavy (non-hydrogen) atoms. The lowest BCUT2D eigenvalue weighted by Crippen LogP contribution is -2.13. The molecule has 0 bridgehead atoms. The zero-order chi connectivity index (χ0) is 10.4. The van der Waals surface area contributed by atoms with Crippen molar-refractivity contribution in [1.29, 1.82) is 0 Å². The van der Waals surface area contributed by atoms with Crippen LogP contribution in [0.1, 0.15) is 6.92 Å². The largest absolute Gasteiger partial charge is 0.370 e. The molecule has 0 saturated heterocycles. The molecule has 0 amide bonds. The van der Waals surface area contributed by atoms with Crippen LogP contribution in [0.15, 0.2) is 12.4 Å². The number of aromatic nitrogens is 2. The minimum atomic E-state index is 0.472. The van der Waals surface area contributed by atoms with Crippen molar-refractivity contribution in [2.45, 2.75) is 6.92 Å². The van der Waals surface area contributed by atoms with Crippen molar-refractivity contribution >= 4 is 29.2 Å². The molecule has 0 aromatic carbocycles. The third-order valence-corrected chi connectivity index (χ3v) is 2.83. The molecule has 0 saturated carbocycles. The smallest absolute Gasteiger partial charge is 0.134 e. The lowest BCUT2D eigenvalue weighted by molar-refractivity contribution is 0.699. The van der Waals surface area contributed by atoms with Gasteiger partial charge in [-0.25, -0.2) is 9.97 Å². The summed E-state index contributed by atoms with van der Waals surface area (Å²) in [6, 6.07) is 1.73. The number of thioether (sulfide) groups is 1. The van der Waals surface area contributed by atoms with Gasteiger partial charge in [0.05, 0.1) is 0 Å². The lowest BCUT2D eigenvalue weighted by atomic mass is 10.2. The SMILES string of the molecule is CSCC(C)CNc1cc(Cl)ncn1. The number of rotatable bonds is 5. The van der Waals surface area contributed by atoms with Gasteiger partial charge in [-0.15, -0.1) is 0 Å². The van der Waals surface area contributed by atoms with Crippen molar-refractivity contribution in [1.82, 2.24) is 9.97 Å². The van der Waals surface area contributed by atoms with Gasteiger partial charge in [0.2, 0.25) is 0 Å². The molecule has 1 unspecified atom stereocenters. The van der Waals surface area contributed by atoms with Gasteiger partial charge in [-0.3, -0.25) is 0 Å². The minimum Gasteiger partial charge on any atom is -0.370 e. The van der Waals surface area contributed by atoms with Crippen LogP contribution in [0.25, 0.3) is 0 Å². The molecule has 1 N–H and O–H groups in total. The maximum absolute atomic E-state index is 5.73. The van der Waals surface area contributed by atoms with Crippen molar-refractivity contribution in [3.8, 4) is 0 Å². The molecule has 1 aromatic rings. The van der Waals surface area contributed by atoms with E-state index in [9.17, 15) is 0 Å². The van der Waals surface area contributed by atoms with Gasteiger partial charge in [0, 0.05) is 12.6 Å². The standard InChI is InChI=1S/C9H14ClN3S/c1-7(5-14-2)4-11-9-3-8(10)12-6-13-9/h3,6-7H,4-5H2,1-2H3,(H,11,12,13). The van der Waals surface area contributed by atoms with Crippen molar-refractivity contribution in [2.75, 3.05) is 23.9 Å². The second-order valence-corrected chi connectivity index (χ2v) is 4.47. The van der Waals surface area contributed by atoms with E-state index in [-0.39, 0.29) is 0 Å². The summed E-state index contributed by atoms with van der Waals surface area (Å²) in [5, 5.41) is 3.69. The minimum absolute atomic E-state index is 0.472. The fourth-order valence-corrected chi connectivity index (χ4v) is 1.89. The van der Waals surface area contributed by atoms with E-state index in [1.165, 1.54) is 6.33 Å². The molecule has 1 aromatic heterocycles. The number of anilines is 1. The van der Waals surface area contributed by atoms with Crippen LogP contribution in [0.4, 0.5) is 5.82 Å². The van der Waals surface area contributed by atoms with Crippen LogP contribution in [0.5, 0.6) is 0 Å². The summed E-state index contributed by atoms with van der Waals surface area (Å²) in [4.78, 5) is 7.87. The molecule has 0 aliphatic carbocycles. The van der Waals surface area contributed by atoms with Gasteiger partial charge in [0.1, 0.15) is 17.3 Å². The van der Waals surface area contributed by atoms with Crippen molar-refractivity contribution < 1.29 is 0 Å². The van der Waals surface area contributed by atoms with E-state index in [0.29, 0.717) is 11.1 Å². The monoisotopic (exact) mass is 231 g/mol. The highest BCUT2D eigenvalue weighted by atomic mass is 35.5. The first kappa shape index (κ1) is 11.6. The Morgan fingerprint density at radius 1 is 1.57 bits per heavy atom. The predicted octanol–water partition coefficient (Wildman–Crippen LogP) is 2.54. The number of nitrogens with zero attached hydrogens (tertiary/aromatic N) is 2. The molecule has 0 fully saturated rings. The van der Waals surface area contributed by atoms with Gasteiger partial charge in [0.15, 0.2) is 0 Å². The molecule has 0 aliphatic rings. The van der Waals surface area contributed by atoms with E-state index in [1.54, 1.807) is 6.07 Å². The molecular formula is C9H14ClN3S. The third kappa shape index (κ3) is 4.15. The molecule has 0 aliphatic heterocycles. The highest BCUT2D eigenvalue weighted by molar-refractivity contribution is 7.98. The Balaban J connectivity index is 2.37. The average molecular weight is 232 g/mol. The van der Waals surface area contributed by atoms with E-state index in [4.69, 9.17) is 11.6 Å². The molecular weight excluding hydrogens is 218 g/mol. The summed E-state index contributed by atoms with van der Waals surface area (Å²) in [5.41, 5.74) is 0. The Morgan fingerprint density at radius 2 is 2.36 bits per heavy atom. The first-order chi connectivity index (χ1) is 6.72. The van der Waals surface area contributed by atoms with Crippen LogP contribution in [0.3, 0.4) is 0 Å². The third-order valence-electron chi connectivity index (χ3n) is 1.72. The Hall–Kier alpha value is -0.480. The van der Waals surface area contributed by atoms with Gasteiger partial charge < -0.3 is 5.32 Å². The summed E-state index contributed by atoms with van der Waals surface area (Å²) < 4.78 is 0. The van der Waals surface area contributed by atoms with Crippen LogP contribution in [-0.2, 0) is 0 Å². The molecule has 1 heterocycles.